The van der Waals surface area contributed by atoms with Gasteiger partial charge in [0.2, 0.25) is 5.91 Å². The highest BCUT2D eigenvalue weighted by Gasteiger charge is 2.33. The van der Waals surface area contributed by atoms with Crippen molar-refractivity contribution < 1.29 is 4.79 Å². The smallest absolute Gasteiger partial charge is 0.241 e. The van der Waals surface area contributed by atoms with E-state index in [1.54, 1.807) is 0 Å². The van der Waals surface area contributed by atoms with Gasteiger partial charge in [-0.2, -0.15) is 0 Å². The van der Waals surface area contributed by atoms with Crippen molar-refractivity contribution in [2.75, 3.05) is 5.32 Å². The van der Waals surface area contributed by atoms with E-state index in [4.69, 9.17) is 0 Å². The lowest BCUT2D eigenvalue weighted by Gasteiger charge is -2.23. The van der Waals surface area contributed by atoms with Crippen LogP contribution in [0, 0.1) is 19.8 Å². The van der Waals surface area contributed by atoms with Crippen LogP contribution in [0.1, 0.15) is 42.5 Å². The van der Waals surface area contributed by atoms with E-state index < -0.39 is 0 Å². The summed E-state index contributed by atoms with van der Waals surface area (Å²) in [6.45, 7) is 6.07. The quantitative estimate of drug-likeness (QED) is 0.829. The average Bonchev–Trinajstić information content (AvgIpc) is 3.41. The van der Waals surface area contributed by atoms with Crippen molar-refractivity contribution in [3.05, 3.63) is 65.2 Å². The Morgan fingerprint density at radius 3 is 2.38 bits per heavy atom. The average molecular weight is 322 g/mol. The number of hydrogen-bond donors (Lipinski definition) is 2. The molecule has 1 aliphatic carbocycles. The van der Waals surface area contributed by atoms with Crippen LogP contribution in [0.2, 0.25) is 0 Å². The first kappa shape index (κ1) is 16.7. The van der Waals surface area contributed by atoms with Crippen molar-refractivity contribution in [3.63, 3.8) is 0 Å². The van der Waals surface area contributed by atoms with Gasteiger partial charge in [-0.25, -0.2) is 0 Å². The van der Waals surface area contributed by atoms with Gasteiger partial charge in [0, 0.05) is 11.7 Å². The van der Waals surface area contributed by atoms with Gasteiger partial charge in [-0.1, -0.05) is 36.4 Å². The number of amides is 1. The van der Waals surface area contributed by atoms with E-state index in [2.05, 4.69) is 48.7 Å². The van der Waals surface area contributed by atoms with Gasteiger partial charge >= 0.3 is 0 Å². The summed E-state index contributed by atoms with van der Waals surface area (Å²) in [6, 6.07) is 16.5. The van der Waals surface area contributed by atoms with Crippen LogP contribution >= 0.6 is 0 Å². The number of rotatable bonds is 6. The molecule has 1 fully saturated rings. The lowest BCUT2D eigenvalue weighted by molar-refractivity contribution is -0.118. The second kappa shape index (κ2) is 7.18. The Labute approximate surface area is 144 Å². The van der Waals surface area contributed by atoms with Gasteiger partial charge in [0.15, 0.2) is 0 Å². The lowest BCUT2D eigenvalue weighted by Crippen LogP contribution is -2.40. The molecule has 126 valence electrons. The zero-order chi connectivity index (χ0) is 17.1. The third kappa shape index (κ3) is 4.04. The summed E-state index contributed by atoms with van der Waals surface area (Å²) in [7, 11) is 0. The molecule has 2 N–H and O–H groups in total. The third-order valence-electron chi connectivity index (χ3n) is 4.85. The molecule has 3 heteroatoms. The van der Waals surface area contributed by atoms with Crippen LogP contribution in [0.25, 0.3) is 0 Å². The summed E-state index contributed by atoms with van der Waals surface area (Å²) in [4.78, 5) is 12.5. The first-order valence-electron chi connectivity index (χ1n) is 8.73. The van der Waals surface area contributed by atoms with Gasteiger partial charge in [0.25, 0.3) is 0 Å². The molecule has 2 aromatic rings. The Balaban J connectivity index is 1.65. The lowest BCUT2D eigenvalue weighted by atomic mass is 10.0. The second-order valence-electron chi connectivity index (χ2n) is 6.90. The zero-order valence-corrected chi connectivity index (χ0v) is 14.7. The number of nitrogens with one attached hydrogen (secondary N) is 2. The van der Waals surface area contributed by atoms with Crippen LogP contribution in [0.5, 0.6) is 0 Å². The van der Waals surface area contributed by atoms with Crippen LogP contribution in [-0.4, -0.2) is 11.9 Å². The summed E-state index contributed by atoms with van der Waals surface area (Å²) in [6.07, 6.45) is 2.47. The van der Waals surface area contributed by atoms with Crippen LogP contribution in [0.3, 0.4) is 0 Å². The molecular weight excluding hydrogens is 296 g/mol. The number of hydrogen-bond acceptors (Lipinski definition) is 2. The number of aryl methyl sites for hydroxylation is 2. The van der Waals surface area contributed by atoms with E-state index in [9.17, 15) is 4.79 Å². The molecule has 2 aromatic carbocycles. The monoisotopic (exact) mass is 322 g/mol. The first-order valence-corrected chi connectivity index (χ1v) is 8.73. The minimum atomic E-state index is -0.239. The Bertz CT molecular complexity index is 707. The van der Waals surface area contributed by atoms with E-state index in [1.165, 1.54) is 29.5 Å². The fourth-order valence-electron chi connectivity index (χ4n) is 3.01. The fourth-order valence-corrected chi connectivity index (χ4v) is 3.01. The maximum Gasteiger partial charge on any atom is 0.241 e. The molecule has 1 aliphatic rings. The minimum absolute atomic E-state index is 0.0137. The Kier molecular flexibility index (Phi) is 5.00. The summed E-state index contributed by atoms with van der Waals surface area (Å²) in [5.74, 6) is 0.657. The van der Waals surface area contributed by atoms with E-state index in [0.717, 1.165) is 5.69 Å². The van der Waals surface area contributed by atoms with Gasteiger partial charge in [-0.3, -0.25) is 10.1 Å². The normalized spacial score (nSPS) is 16.5. The minimum Gasteiger partial charge on any atom is -0.325 e. The van der Waals surface area contributed by atoms with Crippen molar-refractivity contribution in [2.24, 2.45) is 5.92 Å². The van der Waals surface area contributed by atoms with Gasteiger partial charge in [0.1, 0.15) is 0 Å². The molecule has 0 spiro atoms. The van der Waals surface area contributed by atoms with Gasteiger partial charge in [-0.15, -0.1) is 0 Å². The Morgan fingerprint density at radius 1 is 1.04 bits per heavy atom. The Morgan fingerprint density at radius 2 is 1.75 bits per heavy atom. The molecule has 1 saturated carbocycles. The van der Waals surface area contributed by atoms with E-state index in [1.807, 2.05) is 31.2 Å². The molecule has 0 radical (unpaired) electrons. The fraction of sp³-hybridized carbons (Fsp3) is 0.381. The molecule has 0 aromatic heterocycles. The van der Waals surface area contributed by atoms with Crippen LogP contribution in [-0.2, 0) is 4.79 Å². The predicted octanol–water partition coefficient (Wildman–Crippen LogP) is 4.37. The molecule has 0 aliphatic heterocycles. The van der Waals surface area contributed by atoms with E-state index in [0.29, 0.717) is 5.92 Å². The zero-order valence-electron chi connectivity index (χ0n) is 14.7. The third-order valence-corrected chi connectivity index (χ3v) is 4.85. The maximum absolute atomic E-state index is 12.5. The second-order valence-corrected chi connectivity index (χ2v) is 6.90. The highest BCUT2D eigenvalue weighted by molar-refractivity contribution is 5.94. The summed E-state index contributed by atoms with van der Waals surface area (Å²) in [5, 5.41) is 6.55. The van der Waals surface area contributed by atoms with Crippen molar-refractivity contribution in [2.45, 2.75) is 45.7 Å². The molecule has 2 atom stereocenters. The molecule has 0 bridgehead atoms. The molecule has 1 amide bonds. The topological polar surface area (TPSA) is 41.1 Å². The SMILES string of the molecule is Cc1ccc(NC(=O)C(C)NC(c2ccccc2)C2CC2)cc1C. The maximum atomic E-state index is 12.5. The number of carbonyl (C=O) groups is 1. The highest BCUT2D eigenvalue weighted by Crippen LogP contribution is 2.41. The largest absolute Gasteiger partial charge is 0.325 e. The predicted molar refractivity (Wildman–Crippen MR) is 99.1 cm³/mol. The van der Waals surface area contributed by atoms with E-state index >= 15 is 0 Å². The molecule has 0 saturated heterocycles. The summed E-state index contributed by atoms with van der Waals surface area (Å²) in [5.41, 5.74) is 4.55. The number of carbonyl (C=O) groups excluding carboxylic acids is 1. The molecular formula is C21H26N2O. The van der Waals surface area contributed by atoms with Gasteiger partial charge in [0.05, 0.1) is 6.04 Å². The summed E-state index contributed by atoms with van der Waals surface area (Å²) < 4.78 is 0. The van der Waals surface area contributed by atoms with Crippen molar-refractivity contribution in [1.82, 2.24) is 5.32 Å². The van der Waals surface area contributed by atoms with Crippen LogP contribution < -0.4 is 10.6 Å². The van der Waals surface area contributed by atoms with E-state index in [-0.39, 0.29) is 18.0 Å². The number of anilines is 1. The van der Waals surface area contributed by atoms with Crippen molar-refractivity contribution in [1.29, 1.82) is 0 Å². The number of benzene rings is 2. The standard InChI is InChI=1S/C21H26N2O/c1-14-9-12-19(13-15(14)2)23-21(24)16(3)22-20(18-10-11-18)17-7-5-4-6-8-17/h4-9,12-13,16,18,20,22H,10-11H2,1-3H3,(H,23,24). The Hall–Kier alpha value is -2.13. The summed E-state index contributed by atoms with van der Waals surface area (Å²) >= 11 is 0. The van der Waals surface area contributed by atoms with Crippen molar-refractivity contribution >= 4 is 11.6 Å². The van der Waals surface area contributed by atoms with Crippen LogP contribution in [0.4, 0.5) is 5.69 Å². The molecule has 24 heavy (non-hydrogen) atoms. The molecule has 3 nitrogen and oxygen atoms in total. The molecule has 2 unspecified atom stereocenters. The van der Waals surface area contributed by atoms with Gasteiger partial charge < -0.3 is 5.32 Å². The van der Waals surface area contributed by atoms with Crippen molar-refractivity contribution in [3.8, 4) is 0 Å². The van der Waals surface area contributed by atoms with Crippen LogP contribution in [0.15, 0.2) is 48.5 Å². The molecule has 0 heterocycles. The molecule has 3 rings (SSSR count). The highest BCUT2D eigenvalue weighted by atomic mass is 16.2. The first-order chi connectivity index (χ1) is 11.5. The van der Waals surface area contributed by atoms with Gasteiger partial charge in [-0.05, 0) is 68.4 Å².